The number of hydrogen-bond acceptors (Lipinski definition) is 8. The summed E-state index contributed by atoms with van der Waals surface area (Å²) in [5.41, 5.74) is 7.03. The second kappa shape index (κ2) is 19.2. The number of ether oxygens (including phenoxy) is 2. The molecule has 0 saturated carbocycles. The molecule has 2 heterocycles. The Morgan fingerprint density at radius 2 is 1.49 bits per heavy atom. The smallest absolute Gasteiger partial charge is 0.251 e. The van der Waals surface area contributed by atoms with Gasteiger partial charge in [-0.25, -0.2) is 8.42 Å². The van der Waals surface area contributed by atoms with Gasteiger partial charge in [0.15, 0.2) is 12.5 Å². The van der Waals surface area contributed by atoms with E-state index < -0.39 is 28.3 Å². The number of pyridine rings is 1. The van der Waals surface area contributed by atoms with Crippen LogP contribution < -0.4 is 14.8 Å². The molecule has 59 heavy (non-hydrogen) atoms. The van der Waals surface area contributed by atoms with Crippen LogP contribution in [0.2, 0.25) is 0 Å². The van der Waals surface area contributed by atoms with Gasteiger partial charge in [-0.3, -0.25) is 4.79 Å². The van der Waals surface area contributed by atoms with Crippen LogP contribution >= 0.6 is 11.8 Å². The molecule has 0 unspecified atom stereocenters. The zero-order valence-corrected chi connectivity index (χ0v) is 34.4. The Morgan fingerprint density at radius 1 is 0.814 bits per heavy atom. The Balaban J connectivity index is 1.08. The number of aryl methyl sites for hydroxylation is 1. The van der Waals surface area contributed by atoms with Gasteiger partial charge in [0.2, 0.25) is 15.9 Å². The zero-order chi connectivity index (χ0) is 41.4. The fourth-order valence-electron chi connectivity index (χ4n) is 7.09. The number of aromatic nitrogens is 1. The van der Waals surface area contributed by atoms with Crippen LogP contribution in [0.3, 0.4) is 0 Å². The zero-order valence-electron chi connectivity index (χ0n) is 32.8. The first-order valence-corrected chi connectivity index (χ1v) is 22.0. The molecule has 6 aromatic rings. The summed E-state index contributed by atoms with van der Waals surface area (Å²) >= 11 is 1.44. The molecule has 1 aliphatic heterocycles. The first-order valence-electron chi connectivity index (χ1n) is 19.5. The lowest BCUT2D eigenvalue weighted by atomic mass is 9.91. The number of aliphatic hydroxyl groups is 1. The van der Waals surface area contributed by atoms with E-state index in [-0.39, 0.29) is 42.6 Å². The molecule has 0 spiro atoms. The summed E-state index contributed by atoms with van der Waals surface area (Å²) in [6, 6.07) is 43.6. The summed E-state index contributed by atoms with van der Waals surface area (Å²) in [4.78, 5) is 13.9. The highest BCUT2D eigenvalue weighted by Gasteiger charge is 2.39. The van der Waals surface area contributed by atoms with Gasteiger partial charge in [-0.05, 0) is 64.9 Å². The summed E-state index contributed by atoms with van der Waals surface area (Å²) in [5, 5.41) is 25.6. The number of carbonyl (C=O) groups excluding carboxylic acids is 1. The molecule has 5 aromatic carbocycles. The van der Waals surface area contributed by atoms with Gasteiger partial charge in [-0.2, -0.15) is 9.45 Å². The van der Waals surface area contributed by atoms with Gasteiger partial charge in [0.05, 0.1) is 23.7 Å². The molecule has 10 nitrogen and oxygen atoms in total. The van der Waals surface area contributed by atoms with E-state index in [9.17, 15) is 23.5 Å². The highest BCUT2D eigenvalue weighted by atomic mass is 32.2. The SMILES string of the molecule is Cc1ccc(S(=O)(=O)N[C@H](Cc2ccccc2)C(=O)NCc2ccccc2-c2ccc([C@H]3O[C@@H](CSc4cccc[n+]4[O-])[C@@H](C)[C@@H](c4ccc(CO)cc4)O3)cc2)cc1. The van der Waals surface area contributed by atoms with Crippen molar-refractivity contribution in [1.82, 2.24) is 10.0 Å². The number of nitrogens with zero attached hydrogens (tertiary/aromatic N) is 1. The van der Waals surface area contributed by atoms with Crippen LogP contribution in [-0.4, -0.2) is 37.3 Å². The third kappa shape index (κ3) is 10.5. The fraction of sp³-hybridized carbons (Fsp3) is 0.234. The monoisotopic (exact) mass is 829 g/mol. The minimum absolute atomic E-state index is 0.0471. The van der Waals surface area contributed by atoms with Gasteiger partial charge in [0, 0.05) is 35.9 Å². The summed E-state index contributed by atoms with van der Waals surface area (Å²) in [6.45, 7) is 4.09. The number of sulfonamides is 1. The number of aliphatic hydroxyl groups excluding tert-OH is 1. The van der Waals surface area contributed by atoms with E-state index in [1.165, 1.54) is 30.1 Å². The Bertz CT molecular complexity index is 2430. The number of thioether (sulfide) groups is 1. The van der Waals surface area contributed by atoms with Gasteiger partial charge in [-0.1, -0.05) is 140 Å². The van der Waals surface area contributed by atoms with E-state index in [1.807, 2.05) is 116 Å². The Labute approximate surface area is 349 Å². The van der Waals surface area contributed by atoms with Crippen molar-refractivity contribution in [3.8, 4) is 11.1 Å². The summed E-state index contributed by atoms with van der Waals surface area (Å²) in [7, 11) is -3.99. The minimum atomic E-state index is -3.99. The molecule has 1 amide bonds. The number of rotatable bonds is 15. The minimum Gasteiger partial charge on any atom is -0.618 e. The second-order valence-corrected chi connectivity index (χ2v) is 17.4. The van der Waals surface area contributed by atoms with Crippen molar-refractivity contribution in [2.75, 3.05) is 5.75 Å². The lowest BCUT2D eigenvalue weighted by Gasteiger charge is -2.41. The van der Waals surface area contributed by atoms with E-state index >= 15 is 0 Å². The van der Waals surface area contributed by atoms with Crippen molar-refractivity contribution in [2.24, 2.45) is 5.92 Å². The van der Waals surface area contributed by atoms with Crippen molar-refractivity contribution in [3.05, 3.63) is 190 Å². The molecule has 1 aliphatic rings. The van der Waals surface area contributed by atoms with E-state index in [0.717, 1.165) is 49.2 Å². The predicted molar refractivity (Wildman–Crippen MR) is 228 cm³/mol. The van der Waals surface area contributed by atoms with E-state index in [1.54, 1.807) is 24.3 Å². The van der Waals surface area contributed by atoms with Gasteiger partial charge in [0.1, 0.15) is 6.04 Å². The van der Waals surface area contributed by atoms with Crippen molar-refractivity contribution in [2.45, 2.75) is 67.9 Å². The van der Waals surface area contributed by atoms with Crippen molar-refractivity contribution in [1.29, 1.82) is 0 Å². The molecule has 0 radical (unpaired) electrons. The van der Waals surface area contributed by atoms with E-state index in [2.05, 4.69) is 17.0 Å². The topological polar surface area (TPSA) is 141 Å². The molecule has 1 aromatic heterocycles. The van der Waals surface area contributed by atoms with Crippen LogP contribution in [0.5, 0.6) is 0 Å². The van der Waals surface area contributed by atoms with Crippen LogP contribution in [0.15, 0.2) is 162 Å². The highest BCUT2D eigenvalue weighted by Crippen LogP contribution is 2.43. The standard InChI is InChI=1S/C47H47N3O7S2/c1-32-15-25-40(26-16-32)59(54,55)49-42(28-34-10-4-3-5-11-34)46(52)48-29-39-12-6-7-13-41(39)36-21-23-38(24-22-36)47-56-43(31-58-44-14-8-9-27-50(44)53)33(2)45(57-47)37-19-17-35(30-51)18-20-37/h3-27,33,42-43,45,47,49,51H,28-31H2,1-2H3,(H,48,52)/t33-,42-,43+,45+,47+/m1/s1. The van der Waals surface area contributed by atoms with Crippen molar-refractivity contribution >= 4 is 27.7 Å². The molecule has 3 N–H and O–H groups in total. The highest BCUT2D eigenvalue weighted by molar-refractivity contribution is 7.99. The van der Waals surface area contributed by atoms with Gasteiger partial charge in [-0.15, -0.1) is 0 Å². The van der Waals surface area contributed by atoms with Gasteiger partial charge < -0.3 is 25.1 Å². The van der Waals surface area contributed by atoms with Gasteiger partial charge in [0.25, 0.3) is 5.03 Å². The van der Waals surface area contributed by atoms with E-state index in [4.69, 9.17) is 9.47 Å². The average Bonchev–Trinajstić information content (AvgIpc) is 3.26. The molecule has 0 aliphatic carbocycles. The Morgan fingerprint density at radius 3 is 2.20 bits per heavy atom. The number of hydrogen-bond donors (Lipinski definition) is 3. The molecule has 304 valence electrons. The number of carbonyl (C=O) groups is 1. The molecule has 1 fully saturated rings. The first kappa shape index (κ1) is 41.8. The molecular formula is C47H47N3O7S2. The maximum atomic E-state index is 13.8. The lowest BCUT2D eigenvalue weighted by molar-refractivity contribution is -0.645. The van der Waals surface area contributed by atoms with E-state index in [0.29, 0.717) is 10.8 Å². The maximum absolute atomic E-state index is 13.8. The largest absolute Gasteiger partial charge is 0.618 e. The normalized spacial score (nSPS) is 18.6. The third-order valence-corrected chi connectivity index (χ3v) is 13.1. The summed E-state index contributed by atoms with van der Waals surface area (Å²) in [6.07, 6.45) is 0.405. The molecule has 1 saturated heterocycles. The molecular weight excluding hydrogens is 783 g/mol. The van der Waals surface area contributed by atoms with Gasteiger partial charge >= 0.3 is 0 Å². The maximum Gasteiger partial charge on any atom is 0.251 e. The van der Waals surface area contributed by atoms with Crippen molar-refractivity contribution < 1.29 is 32.5 Å². The molecule has 12 heteroatoms. The average molecular weight is 830 g/mol. The van der Waals surface area contributed by atoms with Crippen LogP contribution in [0, 0.1) is 18.0 Å². The van der Waals surface area contributed by atoms with Crippen LogP contribution in [-0.2, 0) is 43.9 Å². The first-order chi connectivity index (χ1) is 28.6. The summed E-state index contributed by atoms with van der Waals surface area (Å²) in [5.74, 6) is 0.0465. The van der Waals surface area contributed by atoms with Crippen LogP contribution in [0.1, 0.15) is 52.7 Å². The second-order valence-electron chi connectivity index (χ2n) is 14.7. The van der Waals surface area contributed by atoms with Crippen molar-refractivity contribution in [3.63, 3.8) is 0 Å². The van der Waals surface area contributed by atoms with Crippen LogP contribution in [0.25, 0.3) is 11.1 Å². The quantitative estimate of drug-likeness (QED) is 0.0547. The fourth-order valence-corrected chi connectivity index (χ4v) is 9.37. The third-order valence-electron chi connectivity index (χ3n) is 10.5. The summed E-state index contributed by atoms with van der Waals surface area (Å²) < 4.78 is 43.6. The Kier molecular flexibility index (Phi) is 13.6. The Hall–Kier alpha value is -5.34. The lowest BCUT2D eigenvalue weighted by Crippen LogP contribution is -2.47. The molecule has 7 rings (SSSR count). The number of nitrogens with one attached hydrogen (secondary N) is 2. The number of amides is 1. The van der Waals surface area contributed by atoms with Crippen LogP contribution in [0.4, 0.5) is 0 Å². The molecule has 0 bridgehead atoms. The predicted octanol–water partition coefficient (Wildman–Crippen LogP) is 7.58. The number of benzene rings is 5. The molecule has 5 atom stereocenters.